The van der Waals surface area contributed by atoms with Gasteiger partial charge in [-0.15, -0.1) is 23.1 Å². The zero-order valence-corrected chi connectivity index (χ0v) is 12.6. The van der Waals surface area contributed by atoms with Crippen LogP contribution < -0.4 is 15.8 Å². The molecule has 2 aliphatic heterocycles. The second kappa shape index (κ2) is 4.88. The molecule has 21 heavy (non-hydrogen) atoms. The van der Waals surface area contributed by atoms with Gasteiger partial charge in [0.1, 0.15) is 28.4 Å². The summed E-state index contributed by atoms with van der Waals surface area (Å²) in [5, 5.41) is 4.95. The van der Waals surface area contributed by atoms with Crippen LogP contribution >= 0.6 is 23.1 Å². The molecular formula is C13H12N4O2S2. The molecule has 6 nitrogen and oxygen atoms in total. The quantitative estimate of drug-likeness (QED) is 0.874. The van der Waals surface area contributed by atoms with Crippen molar-refractivity contribution in [3.8, 4) is 5.75 Å². The zero-order valence-electron chi connectivity index (χ0n) is 11.0. The van der Waals surface area contributed by atoms with Crippen molar-refractivity contribution in [3.63, 3.8) is 0 Å². The number of carbonyl (C=O) groups is 1. The lowest BCUT2D eigenvalue weighted by Crippen LogP contribution is -2.26. The van der Waals surface area contributed by atoms with Gasteiger partial charge in [-0.05, 0) is 6.07 Å². The van der Waals surface area contributed by atoms with Crippen LogP contribution in [0.1, 0.15) is 5.01 Å². The van der Waals surface area contributed by atoms with Gasteiger partial charge < -0.3 is 15.8 Å². The summed E-state index contributed by atoms with van der Waals surface area (Å²) < 4.78 is 6.70. The van der Waals surface area contributed by atoms with Gasteiger partial charge in [0, 0.05) is 18.4 Å². The van der Waals surface area contributed by atoms with Crippen LogP contribution in [0.4, 0.5) is 5.69 Å². The Labute approximate surface area is 128 Å². The number of aromatic nitrogens is 1. The number of benzene rings is 1. The van der Waals surface area contributed by atoms with E-state index in [0.29, 0.717) is 12.4 Å². The predicted molar refractivity (Wildman–Crippen MR) is 85.6 cm³/mol. The van der Waals surface area contributed by atoms with E-state index in [1.54, 1.807) is 11.3 Å². The van der Waals surface area contributed by atoms with Crippen LogP contribution in [0.25, 0.3) is 10.2 Å². The fraction of sp³-hybridized carbons (Fsp3) is 0.308. The minimum absolute atomic E-state index is 0.383. The summed E-state index contributed by atoms with van der Waals surface area (Å²) in [6.45, 7) is 1.48. The minimum Gasteiger partial charge on any atom is -0.490 e. The molecule has 0 saturated heterocycles. The van der Waals surface area contributed by atoms with Crippen LogP contribution in [0.15, 0.2) is 17.1 Å². The second-order valence-electron chi connectivity index (χ2n) is 4.77. The number of aliphatic imine (C=N–C) groups is 1. The van der Waals surface area contributed by atoms with E-state index < -0.39 is 6.04 Å². The lowest BCUT2D eigenvalue weighted by Gasteiger charge is -2.18. The molecule has 3 N–H and O–H groups in total. The largest absolute Gasteiger partial charge is 0.490 e. The SMILES string of the molecule is NC(=O)[C@H]1CSC(c2nc3cc4c(cc3s2)NCCO4)=N1. The lowest BCUT2D eigenvalue weighted by molar-refractivity contribution is -0.118. The maximum absolute atomic E-state index is 11.2. The van der Waals surface area contributed by atoms with Crippen LogP contribution in [-0.2, 0) is 4.79 Å². The van der Waals surface area contributed by atoms with Gasteiger partial charge in [0.05, 0.1) is 15.9 Å². The molecule has 108 valence electrons. The number of thioether (sulfide) groups is 1. The number of amides is 1. The van der Waals surface area contributed by atoms with Crippen molar-refractivity contribution >= 4 is 50.0 Å². The van der Waals surface area contributed by atoms with Crippen LogP contribution in [0, 0.1) is 0 Å². The Bertz CT molecular complexity index is 728. The molecule has 8 heteroatoms. The summed E-state index contributed by atoms with van der Waals surface area (Å²) in [5.74, 6) is 1.05. The normalized spacial score (nSPS) is 20.6. The average Bonchev–Trinajstić information content (AvgIpc) is 3.11. The van der Waals surface area contributed by atoms with E-state index in [1.165, 1.54) is 11.8 Å². The molecule has 3 heterocycles. The summed E-state index contributed by atoms with van der Waals surface area (Å²) in [4.78, 5) is 20.1. The first-order valence-corrected chi connectivity index (χ1v) is 8.32. The number of ether oxygens (including phenoxy) is 1. The number of primary amides is 1. The Morgan fingerprint density at radius 1 is 1.48 bits per heavy atom. The molecular weight excluding hydrogens is 308 g/mol. The van der Waals surface area contributed by atoms with Crippen molar-refractivity contribution in [1.29, 1.82) is 0 Å². The Morgan fingerprint density at radius 2 is 2.38 bits per heavy atom. The highest BCUT2D eigenvalue weighted by Crippen LogP contribution is 2.36. The van der Waals surface area contributed by atoms with Crippen molar-refractivity contribution < 1.29 is 9.53 Å². The van der Waals surface area contributed by atoms with Gasteiger partial charge in [-0.25, -0.2) is 4.98 Å². The zero-order chi connectivity index (χ0) is 14.4. The first-order valence-electron chi connectivity index (χ1n) is 6.52. The topological polar surface area (TPSA) is 89.6 Å². The maximum Gasteiger partial charge on any atom is 0.243 e. The van der Waals surface area contributed by atoms with Crippen molar-refractivity contribution in [2.75, 3.05) is 24.2 Å². The predicted octanol–water partition coefficient (Wildman–Crippen LogP) is 1.45. The number of hydrogen-bond donors (Lipinski definition) is 2. The summed E-state index contributed by atoms with van der Waals surface area (Å²) in [6, 6.07) is 3.56. The molecule has 0 aliphatic carbocycles. The molecule has 4 rings (SSSR count). The molecule has 2 aromatic rings. The summed E-state index contributed by atoms with van der Waals surface area (Å²) >= 11 is 3.10. The standard InChI is InChI=1S/C13H12N4O2S2/c14-11(18)8-5-20-12(17-8)13-16-7-3-9-6(4-10(7)21-13)15-1-2-19-9/h3-4,8,15H,1-2,5H2,(H2,14,18)/t8-/m1/s1. The highest BCUT2D eigenvalue weighted by Gasteiger charge is 2.26. The molecule has 0 unspecified atom stereocenters. The van der Waals surface area contributed by atoms with E-state index in [1.807, 2.05) is 6.07 Å². The summed E-state index contributed by atoms with van der Waals surface area (Å²) in [7, 11) is 0. The molecule has 1 amide bonds. The molecule has 0 radical (unpaired) electrons. The molecule has 1 aromatic carbocycles. The number of carbonyl (C=O) groups excluding carboxylic acids is 1. The Hall–Kier alpha value is -1.80. The highest BCUT2D eigenvalue weighted by atomic mass is 32.2. The number of fused-ring (bicyclic) bond motifs is 2. The van der Waals surface area contributed by atoms with Crippen molar-refractivity contribution in [2.24, 2.45) is 10.7 Å². The Morgan fingerprint density at radius 3 is 3.19 bits per heavy atom. The van der Waals surface area contributed by atoms with E-state index in [4.69, 9.17) is 10.5 Å². The van der Waals surface area contributed by atoms with E-state index >= 15 is 0 Å². The van der Waals surface area contributed by atoms with Crippen LogP contribution in [-0.4, -0.2) is 40.9 Å². The van der Waals surface area contributed by atoms with E-state index in [2.05, 4.69) is 21.4 Å². The van der Waals surface area contributed by atoms with Gasteiger partial charge in [0.2, 0.25) is 5.91 Å². The van der Waals surface area contributed by atoms with Crippen LogP contribution in [0.5, 0.6) is 5.75 Å². The maximum atomic E-state index is 11.2. The Kier molecular flexibility index (Phi) is 3.00. The second-order valence-corrected chi connectivity index (χ2v) is 6.81. The lowest BCUT2D eigenvalue weighted by atomic mass is 10.2. The van der Waals surface area contributed by atoms with Gasteiger partial charge in [0.25, 0.3) is 0 Å². The van der Waals surface area contributed by atoms with Gasteiger partial charge in [-0.2, -0.15) is 0 Å². The number of rotatable bonds is 2. The number of nitrogens with zero attached hydrogens (tertiary/aromatic N) is 2. The number of thiazole rings is 1. The molecule has 0 spiro atoms. The highest BCUT2D eigenvalue weighted by molar-refractivity contribution is 8.15. The van der Waals surface area contributed by atoms with Gasteiger partial charge in [-0.3, -0.25) is 9.79 Å². The van der Waals surface area contributed by atoms with E-state index in [-0.39, 0.29) is 5.91 Å². The number of nitrogens with one attached hydrogen (secondary N) is 1. The van der Waals surface area contributed by atoms with Crippen LogP contribution in [0.2, 0.25) is 0 Å². The fourth-order valence-corrected chi connectivity index (χ4v) is 4.39. The molecule has 1 aromatic heterocycles. The molecule has 0 fully saturated rings. The number of anilines is 1. The van der Waals surface area contributed by atoms with Gasteiger partial charge in [0.15, 0.2) is 0 Å². The number of nitrogens with two attached hydrogens (primary N) is 1. The van der Waals surface area contributed by atoms with Crippen molar-refractivity contribution in [2.45, 2.75) is 6.04 Å². The summed E-state index contributed by atoms with van der Waals surface area (Å²) in [6.07, 6.45) is 0. The monoisotopic (exact) mass is 320 g/mol. The number of hydrogen-bond acceptors (Lipinski definition) is 7. The van der Waals surface area contributed by atoms with E-state index in [0.717, 1.165) is 38.2 Å². The first kappa shape index (κ1) is 12.9. The average molecular weight is 320 g/mol. The first-order chi connectivity index (χ1) is 10.2. The molecule has 2 aliphatic rings. The van der Waals surface area contributed by atoms with Crippen molar-refractivity contribution in [3.05, 3.63) is 17.1 Å². The fourth-order valence-electron chi connectivity index (χ4n) is 2.29. The third-order valence-corrected chi connectivity index (χ3v) is 5.54. The van der Waals surface area contributed by atoms with Crippen LogP contribution in [0.3, 0.4) is 0 Å². The Balaban J connectivity index is 1.74. The molecule has 0 saturated carbocycles. The molecule has 1 atom stereocenters. The van der Waals surface area contributed by atoms with Gasteiger partial charge in [-0.1, -0.05) is 0 Å². The summed E-state index contributed by atoms with van der Waals surface area (Å²) in [5.41, 5.74) is 7.19. The third kappa shape index (κ3) is 2.24. The third-order valence-electron chi connectivity index (χ3n) is 3.33. The smallest absolute Gasteiger partial charge is 0.243 e. The van der Waals surface area contributed by atoms with Crippen molar-refractivity contribution in [1.82, 2.24) is 4.98 Å². The van der Waals surface area contributed by atoms with E-state index in [9.17, 15) is 4.79 Å². The van der Waals surface area contributed by atoms with Gasteiger partial charge >= 0.3 is 0 Å². The molecule has 0 bridgehead atoms. The minimum atomic E-state index is -0.435.